The first-order valence-corrected chi connectivity index (χ1v) is 13.9. The van der Waals surface area contributed by atoms with Crippen molar-refractivity contribution in [3.05, 3.63) is 126 Å². The molecule has 1 unspecified atom stereocenters. The Balaban J connectivity index is 1.56. The van der Waals surface area contributed by atoms with Gasteiger partial charge in [0.25, 0.3) is 0 Å². The normalized spacial score (nSPS) is 14.9. The van der Waals surface area contributed by atoms with E-state index in [4.69, 9.17) is 14.8 Å². The topological polar surface area (TPSA) is 76.8 Å². The Bertz CT molecular complexity index is 1580. The van der Waals surface area contributed by atoms with E-state index in [1.807, 2.05) is 78.2 Å². The molecule has 2 aromatic carbocycles. The molecule has 1 atom stereocenters. The number of morpholine rings is 1. The van der Waals surface area contributed by atoms with Gasteiger partial charge in [-0.1, -0.05) is 91.5 Å². The number of carbonyl (C=O) groups excluding carboxylic acids is 2. The Kier molecular flexibility index (Phi) is 8.96. The van der Waals surface area contributed by atoms with Gasteiger partial charge in [-0.05, 0) is 6.92 Å². The number of nitrogens with zero attached hydrogens (tertiary/aromatic N) is 4. The van der Waals surface area contributed by atoms with Crippen LogP contribution in [0.2, 0.25) is 0 Å². The number of hydrogen-bond acceptors (Lipinski definition) is 6. The van der Waals surface area contributed by atoms with Crippen LogP contribution in [0.15, 0.2) is 104 Å². The Hall–Kier alpha value is -4.62. The lowest BCUT2D eigenvalue weighted by Gasteiger charge is -2.29. The molecule has 41 heavy (non-hydrogen) atoms. The first kappa shape index (κ1) is 27.9. The lowest BCUT2D eigenvalue weighted by Crippen LogP contribution is -2.37. The molecule has 0 bridgehead atoms. The second-order valence-electron chi connectivity index (χ2n) is 9.99. The Morgan fingerprint density at radius 1 is 1.00 bits per heavy atom. The average Bonchev–Trinajstić information content (AvgIpc) is 3.45. The van der Waals surface area contributed by atoms with E-state index >= 15 is 0 Å². The third-order valence-electron chi connectivity index (χ3n) is 7.15. The van der Waals surface area contributed by atoms with Gasteiger partial charge in [-0.3, -0.25) is 9.59 Å². The van der Waals surface area contributed by atoms with Crippen molar-refractivity contribution >= 4 is 28.6 Å². The summed E-state index contributed by atoms with van der Waals surface area (Å²) < 4.78 is 7.46. The molecule has 4 aromatic rings. The molecule has 0 saturated carbocycles. The van der Waals surface area contributed by atoms with E-state index in [2.05, 4.69) is 11.5 Å². The van der Waals surface area contributed by atoms with Crippen molar-refractivity contribution in [2.24, 2.45) is 5.92 Å². The molecule has 2 aromatic heterocycles. The lowest BCUT2D eigenvalue weighted by atomic mass is 9.87. The van der Waals surface area contributed by atoms with Crippen molar-refractivity contribution in [1.82, 2.24) is 14.6 Å². The predicted octanol–water partition coefficient (Wildman–Crippen LogP) is 6.03. The number of hydrogen-bond donors (Lipinski definition) is 0. The molecule has 0 spiro atoms. The maximum atomic E-state index is 13.8. The third kappa shape index (κ3) is 6.58. The summed E-state index contributed by atoms with van der Waals surface area (Å²) in [6.45, 7) is 8.48. The molecular weight excluding hydrogens is 512 g/mol. The first-order valence-electron chi connectivity index (χ1n) is 13.9. The van der Waals surface area contributed by atoms with Crippen LogP contribution < -0.4 is 4.90 Å². The van der Waals surface area contributed by atoms with Crippen molar-refractivity contribution in [3.8, 4) is 0 Å². The van der Waals surface area contributed by atoms with Crippen LogP contribution >= 0.6 is 0 Å². The highest BCUT2D eigenvalue weighted by atomic mass is 16.5. The van der Waals surface area contributed by atoms with Crippen LogP contribution in [-0.2, 0) is 11.2 Å². The summed E-state index contributed by atoms with van der Waals surface area (Å²) in [4.78, 5) is 34.2. The number of Topliss-reactive ketones (excluding diaryl/α,β-unsaturated/α-hetero) is 2. The van der Waals surface area contributed by atoms with E-state index in [0.717, 1.165) is 35.9 Å². The minimum absolute atomic E-state index is 0.0634. The summed E-state index contributed by atoms with van der Waals surface area (Å²) >= 11 is 0. The second-order valence-corrected chi connectivity index (χ2v) is 9.99. The minimum atomic E-state index is -0.570. The maximum absolute atomic E-state index is 13.8. The van der Waals surface area contributed by atoms with Gasteiger partial charge >= 0.3 is 0 Å². The van der Waals surface area contributed by atoms with Gasteiger partial charge in [0.05, 0.1) is 18.9 Å². The summed E-state index contributed by atoms with van der Waals surface area (Å²) in [5.41, 5.74) is 4.30. The summed E-state index contributed by atoms with van der Waals surface area (Å²) in [7, 11) is 0. The monoisotopic (exact) mass is 546 g/mol. The number of rotatable bonds is 11. The van der Waals surface area contributed by atoms with Crippen LogP contribution in [0.1, 0.15) is 45.4 Å². The fourth-order valence-electron chi connectivity index (χ4n) is 5.12. The van der Waals surface area contributed by atoms with Crippen LogP contribution in [-0.4, -0.2) is 52.5 Å². The maximum Gasteiger partial charge on any atom is 0.166 e. The van der Waals surface area contributed by atoms with Crippen LogP contribution in [0.4, 0.5) is 5.82 Å². The highest BCUT2D eigenvalue weighted by Crippen LogP contribution is 2.26. The van der Waals surface area contributed by atoms with Gasteiger partial charge in [0, 0.05) is 66.4 Å². The number of fused-ring (bicyclic) bond motifs is 1. The van der Waals surface area contributed by atoms with E-state index in [1.54, 1.807) is 30.3 Å². The number of aromatic nitrogens is 3. The molecule has 1 aliphatic rings. The zero-order valence-electron chi connectivity index (χ0n) is 23.3. The van der Waals surface area contributed by atoms with Gasteiger partial charge in [-0.25, -0.2) is 4.98 Å². The summed E-state index contributed by atoms with van der Waals surface area (Å²) in [5.74, 6) is 0.187. The molecule has 1 saturated heterocycles. The van der Waals surface area contributed by atoms with Crippen molar-refractivity contribution in [3.63, 3.8) is 0 Å². The molecule has 1 fully saturated rings. The molecule has 0 aliphatic carbocycles. The highest BCUT2D eigenvalue weighted by Gasteiger charge is 2.26. The molecule has 208 valence electrons. The quantitative estimate of drug-likeness (QED) is 0.169. The Morgan fingerprint density at radius 3 is 2.34 bits per heavy atom. The molecule has 0 amide bonds. The van der Waals surface area contributed by atoms with Crippen LogP contribution in [0.3, 0.4) is 0 Å². The summed E-state index contributed by atoms with van der Waals surface area (Å²) in [6, 6.07) is 22.3. The molecule has 1 aliphatic heterocycles. The van der Waals surface area contributed by atoms with Crippen molar-refractivity contribution in [2.45, 2.75) is 19.8 Å². The SMILES string of the molecule is C=C/C=C(\C=C/C)c1cc2nc(CC(CC(=O)c3ccccc3)C(=O)c3ccccc3)cc(N3CCOCC3)n2n1. The number of allylic oxidation sites excluding steroid dienone is 5. The molecule has 0 N–H and O–H groups in total. The van der Waals surface area contributed by atoms with Gasteiger partial charge in [0.1, 0.15) is 5.82 Å². The van der Waals surface area contributed by atoms with E-state index in [0.29, 0.717) is 36.4 Å². The van der Waals surface area contributed by atoms with E-state index in [-0.39, 0.29) is 18.0 Å². The van der Waals surface area contributed by atoms with E-state index < -0.39 is 5.92 Å². The van der Waals surface area contributed by atoms with E-state index in [9.17, 15) is 9.59 Å². The van der Waals surface area contributed by atoms with Gasteiger partial charge in [-0.15, -0.1) is 0 Å². The zero-order chi connectivity index (χ0) is 28.6. The molecule has 0 radical (unpaired) electrons. The number of ketones is 2. The number of anilines is 1. The van der Waals surface area contributed by atoms with Crippen molar-refractivity contribution in [2.75, 3.05) is 31.2 Å². The molecule has 7 nitrogen and oxygen atoms in total. The highest BCUT2D eigenvalue weighted by molar-refractivity contribution is 6.03. The molecule has 3 heterocycles. The predicted molar refractivity (Wildman–Crippen MR) is 162 cm³/mol. The van der Waals surface area contributed by atoms with Gasteiger partial charge in [0.15, 0.2) is 17.2 Å². The largest absolute Gasteiger partial charge is 0.378 e. The van der Waals surface area contributed by atoms with Gasteiger partial charge < -0.3 is 9.64 Å². The molecule has 5 rings (SSSR count). The summed E-state index contributed by atoms with van der Waals surface area (Å²) in [5, 5.41) is 4.90. The lowest BCUT2D eigenvalue weighted by molar-refractivity contribution is 0.0851. The third-order valence-corrected chi connectivity index (χ3v) is 7.15. The van der Waals surface area contributed by atoms with Crippen molar-refractivity contribution < 1.29 is 14.3 Å². The van der Waals surface area contributed by atoms with Crippen LogP contribution in [0.25, 0.3) is 11.2 Å². The number of carbonyl (C=O) groups is 2. The molecule has 7 heteroatoms. The number of benzene rings is 2. The Labute approximate surface area is 240 Å². The van der Waals surface area contributed by atoms with Crippen LogP contribution in [0, 0.1) is 5.92 Å². The fraction of sp³-hybridized carbons (Fsp3) is 0.235. The summed E-state index contributed by atoms with van der Waals surface area (Å²) in [6.07, 6.45) is 8.03. The van der Waals surface area contributed by atoms with Gasteiger partial charge in [0.2, 0.25) is 0 Å². The standard InChI is InChI=1S/C34H34N4O3/c1-3-11-25(12-4-2)30-24-32-35-29(23-33(38(32)36-30)37-17-19-41-20-18-37)21-28(34(40)27-15-9-6-10-16-27)22-31(39)26-13-7-5-8-14-26/h3-16,23-24,28H,1,17-22H2,2H3/b12-4-,25-11+. The van der Waals surface area contributed by atoms with Crippen molar-refractivity contribution in [1.29, 1.82) is 0 Å². The average molecular weight is 547 g/mol. The van der Waals surface area contributed by atoms with Crippen LogP contribution in [0.5, 0.6) is 0 Å². The smallest absolute Gasteiger partial charge is 0.166 e. The van der Waals surface area contributed by atoms with E-state index in [1.165, 1.54) is 0 Å². The molecular formula is C34H34N4O3. The zero-order valence-corrected chi connectivity index (χ0v) is 23.3. The van der Waals surface area contributed by atoms with Gasteiger partial charge in [-0.2, -0.15) is 9.61 Å². The Morgan fingerprint density at radius 2 is 1.68 bits per heavy atom. The minimum Gasteiger partial charge on any atom is -0.378 e. The second kappa shape index (κ2) is 13.2. The number of ether oxygens (including phenoxy) is 1. The fourth-order valence-corrected chi connectivity index (χ4v) is 5.12. The first-order chi connectivity index (χ1) is 20.1.